The van der Waals surface area contributed by atoms with Gasteiger partial charge in [0, 0.05) is 18.8 Å². The Hall–Kier alpha value is -3.67. The molecule has 0 amide bonds. The Labute approximate surface area is 212 Å². The molecule has 0 fully saturated rings. The molecule has 4 aromatic rings. The quantitative estimate of drug-likeness (QED) is 0.326. The molecule has 1 N–H and O–H groups in total. The number of nitriles is 1. The number of ether oxygens (including phenoxy) is 1. The first kappa shape index (κ1) is 25.4. The number of nitrogens with one attached hydrogen (secondary N) is 1. The Morgan fingerprint density at radius 2 is 1.78 bits per heavy atom. The van der Waals surface area contributed by atoms with Crippen LogP contribution in [-0.4, -0.2) is 36.1 Å². The van der Waals surface area contributed by atoms with E-state index in [9.17, 15) is 8.42 Å². The molecule has 1 heterocycles. The Kier molecular flexibility index (Phi) is 7.73. The van der Waals surface area contributed by atoms with Gasteiger partial charge in [0.15, 0.2) is 0 Å². The van der Waals surface area contributed by atoms with Gasteiger partial charge < -0.3 is 4.74 Å². The van der Waals surface area contributed by atoms with Gasteiger partial charge in [-0.25, -0.2) is 8.42 Å². The van der Waals surface area contributed by atoms with E-state index in [1.807, 2.05) is 53.3 Å². The number of aryl methyl sites for hydroxylation is 1. The highest BCUT2D eigenvalue weighted by atomic mass is 32.2. The third kappa shape index (κ3) is 6.94. The second-order valence-electron chi connectivity index (χ2n) is 9.33. The minimum Gasteiger partial charge on any atom is -0.493 e. The van der Waals surface area contributed by atoms with E-state index in [0.717, 1.165) is 17.5 Å². The van der Waals surface area contributed by atoms with Gasteiger partial charge in [0.25, 0.3) is 0 Å². The summed E-state index contributed by atoms with van der Waals surface area (Å²) in [7, 11) is -3.64. The van der Waals surface area contributed by atoms with E-state index >= 15 is 0 Å². The summed E-state index contributed by atoms with van der Waals surface area (Å²) in [6, 6.07) is 24.3. The molecule has 0 aliphatic carbocycles. The van der Waals surface area contributed by atoms with Crippen molar-refractivity contribution in [3.8, 4) is 11.8 Å². The van der Waals surface area contributed by atoms with Gasteiger partial charge in [0.1, 0.15) is 11.3 Å². The summed E-state index contributed by atoms with van der Waals surface area (Å²) in [5.41, 5.74) is 1.83. The number of fused-ring (bicyclic) bond motifs is 1. The molecule has 8 heteroatoms. The third-order valence-corrected chi connectivity index (χ3v) is 7.39. The maximum atomic E-state index is 12.6. The Balaban J connectivity index is 1.48. The first-order valence-corrected chi connectivity index (χ1v) is 13.5. The number of hydrogen-bond donors (Lipinski definition) is 1. The van der Waals surface area contributed by atoms with Gasteiger partial charge in [-0.05, 0) is 59.9 Å². The number of nitrogens with zero attached hydrogens (tertiary/aromatic N) is 3. The van der Waals surface area contributed by atoms with Crippen molar-refractivity contribution in [3.05, 3.63) is 95.8 Å². The molecule has 0 atom stereocenters. The average Bonchev–Trinajstić information content (AvgIpc) is 3.36. The van der Waals surface area contributed by atoms with Crippen LogP contribution in [0.4, 0.5) is 0 Å². The van der Waals surface area contributed by atoms with Gasteiger partial charge in [-0.1, -0.05) is 54.6 Å². The lowest BCUT2D eigenvalue weighted by Gasteiger charge is -2.18. The molecule has 0 bridgehead atoms. The minimum absolute atomic E-state index is 0.141. The summed E-state index contributed by atoms with van der Waals surface area (Å²) in [5, 5.41) is 15.8. The molecule has 0 saturated carbocycles. The summed E-state index contributed by atoms with van der Waals surface area (Å²) in [6.45, 7) is 4.12. The third-order valence-electron chi connectivity index (χ3n) is 5.83. The molecule has 0 aliphatic rings. The Morgan fingerprint density at radius 1 is 1.00 bits per heavy atom. The highest BCUT2D eigenvalue weighted by Gasteiger charge is 2.24. The van der Waals surface area contributed by atoms with E-state index < -0.39 is 15.6 Å². The molecule has 7 nitrogen and oxygen atoms in total. The number of rotatable bonds is 11. The molecular formula is C28H30N4O3S. The minimum atomic E-state index is -3.64. The lowest BCUT2D eigenvalue weighted by atomic mass is 10.1. The van der Waals surface area contributed by atoms with E-state index in [-0.39, 0.29) is 12.2 Å². The maximum absolute atomic E-state index is 12.6. The van der Waals surface area contributed by atoms with Gasteiger partial charge in [-0.2, -0.15) is 15.1 Å². The molecule has 1 aromatic heterocycles. The molecule has 0 unspecified atom stereocenters. The largest absolute Gasteiger partial charge is 0.493 e. The van der Waals surface area contributed by atoms with Crippen molar-refractivity contribution in [1.82, 2.24) is 14.5 Å². The standard InChI is InChI=1S/C28H30N4O3S/c1-28(2,21-29)31-36(33,34)17-13-25-11-9-23(20-32-15-5-14-30-32)19-27(25)35-16-12-22-8-10-24-6-3-4-7-26(24)18-22/h3-11,14-15,18-19,31H,12-13,16-17,20H2,1-2H3. The van der Waals surface area contributed by atoms with Crippen LogP contribution in [-0.2, 0) is 29.4 Å². The zero-order chi connectivity index (χ0) is 25.6. The fraction of sp³-hybridized carbons (Fsp3) is 0.286. The topological polar surface area (TPSA) is 97.0 Å². The van der Waals surface area contributed by atoms with Crippen LogP contribution in [0.3, 0.4) is 0 Å². The SMILES string of the molecule is CC(C)(C#N)NS(=O)(=O)CCc1ccc(Cn2cccn2)cc1OCCc1ccc2ccccc2c1. The normalized spacial score (nSPS) is 11.9. The zero-order valence-electron chi connectivity index (χ0n) is 20.5. The Morgan fingerprint density at radius 3 is 2.53 bits per heavy atom. The Bertz CT molecular complexity index is 1470. The van der Waals surface area contributed by atoms with Crippen molar-refractivity contribution in [2.24, 2.45) is 0 Å². The highest BCUT2D eigenvalue weighted by Crippen LogP contribution is 2.23. The molecule has 0 saturated heterocycles. The predicted octanol–water partition coefficient (Wildman–Crippen LogP) is 4.47. The fourth-order valence-corrected chi connectivity index (χ4v) is 5.41. The smallest absolute Gasteiger partial charge is 0.213 e. The van der Waals surface area contributed by atoms with Crippen molar-refractivity contribution in [3.63, 3.8) is 0 Å². The first-order valence-electron chi connectivity index (χ1n) is 11.9. The van der Waals surface area contributed by atoms with Crippen LogP contribution in [0.25, 0.3) is 10.8 Å². The first-order chi connectivity index (χ1) is 17.2. The van der Waals surface area contributed by atoms with Crippen molar-refractivity contribution < 1.29 is 13.2 Å². The summed E-state index contributed by atoms with van der Waals surface area (Å²) in [4.78, 5) is 0. The number of hydrogen-bond acceptors (Lipinski definition) is 5. The summed E-state index contributed by atoms with van der Waals surface area (Å²) < 4.78 is 35.6. The van der Waals surface area contributed by atoms with Crippen molar-refractivity contribution in [2.75, 3.05) is 12.4 Å². The van der Waals surface area contributed by atoms with Gasteiger partial charge in [0.2, 0.25) is 10.0 Å². The lowest BCUT2D eigenvalue weighted by Crippen LogP contribution is -2.43. The van der Waals surface area contributed by atoms with Gasteiger partial charge in [0.05, 0.1) is 25.0 Å². The van der Waals surface area contributed by atoms with Crippen LogP contribution in [0.5, 0.6) is 5.75 Å². The zero-order valence-corrected chi connectivity index (χ0v) is 21.3. The average molecular weight is 503 g/mol. The number of benzene rings is 3. The molecule has 4 rings (SSSR count). The van der Waals surface area contributed by atoms with E-state index in [2.05, 4.69) is 40.2 Å². The van der Waals surface area contributed by atoms with Crippen LogP contribution >= 0.6 is 0 Å². The van der Waals surface area contributed by atoms with Crippen LogP contribution in [0.15, 0.2) is 79.1 Å². The van der Waals surface area contributed by atoms with Gasteiger partial charge >= 0.3 is 0 Å². The number of aromatic nitrogens is 2. The summed E-state index contributed by atoms with van der Waals surface area (Å²) in [5.74, 6) is 0.521. The van der Waals surface area contributed by atoms with Crippen molar-refractivity contribution in [1.29, 1.82) is 5.26 Å². The molecule has 3 aromatic carbocycles. The van der Waals surface area contributed by atoms with E-state index in [4.69, 9.17) is 10.00 Å². The molecule has 186 valence electrons. The fourth-order valence-electron chi connectivity index (χ4n) is 4.00. The maximum Gasteiger partial charge on any atom is 0.213 e. The van der Waals surface area contributed by atoms with E-state index in [1.165, 1.54) is 30.2 Å². The highest BCUT2D eigenvalue weighted by molar-refractivity contribution is 7.89. The predicted molar refractivity (Wildman–Crippen MR) is 141 cm³/mol. The monoisotopic (exact) mass is 502 g/mol. The molecule has 36 heavy (non-hydrogen) atoms. The van der Waals surface area contributed by atoms with Gasteiger partial charge in [-0.3, -0.25) is 4.68 Å². The second kappa shape index (κ2) is 10.9. The lowest BCUT2D eigenvalue weighted by molar-refractivity contribution is 0.318. The van der Waals surface area contributed by atoms with Crippen LogP contribution in [0, 0.1) is 11.3 Å². The van der Waals surface area contributed by atoms with E-state index in [0.29, 0.717) is 18.9 Å². The van der Waals surface area contributed by atoms with Crippen molar-refractivity contribution in [2.45, 2.75) is 38.8 Å². The van der Waals surface area contributed by atoms with Crippen molar-refractivity contribution >= 4 is 20.8 Å². The van der Waals surface area contributed by atoms with E-state index in [1.54, 1.807) is 6.20 Å². The molecule has 0 radical (unpaired) electrons. The van der Waals surface area contributed by atoms with Crippen LogP contribution in [0.1, 0.15) is 30.5 Å². The summed E-state index contributed by atoms with van der Waals surface area (Å²) >= 11 is 0. The molecule has 0 aliphatic heterocycles. The number of sulfonamides is 1. The van der Waals surface area contributed by atoms with Crippen LogP contribution < -0.4 is 9.46 Å². The van der Waals surface area contributed by atoms with Gasteiger partial charge in [-0.15, -0.1) is 0 Å². The second-order valence-corrected chi connectivity index (χ2v) is 11.2. The summed E-state index contributed by atoms with van der Waals surface area (Å²) in [6.07, 6.45) is 4.62. The van der Waals surface area contributed by atoms with Crippen LogP contribution in [0.2, 0.25) is 0 Å². The molecular weight excluding hydrogens is 472 g/mol. The molecule has 0 spiro atoms.